The van der Waals surface area contributed by atoms with Gasteiger partial charge in [-0.25, -0.2) is 0 Å². The molecule has 0 atom stereocenters. The summed E-state index contributed by atoms with van der Waals surface area (Å²) < 4.78 is 37.8. The van der Waals surface area contributed by atoms with Gasteiger partial charge in [-0.05, 0) is 25.0 Å². The summed E-state index contributed by atoms with van der Waals surface area (Å²) in [5.74, 6) is -0.547. The van der Waals surface area contributed by atoms with Gasteiger partial charge in [0, 0.05) is 18.2 Å². The van der Waals surface area contributed by atoms with Crippen molar-refractivity contribution < 1.29 is 23.1 Å². The molecule has 0 radical (unpaired) electrons. The number of carbonyl (C=O) groups is 1. The maximum absolute atomic E-state index is 12.3. The van der Waals surface area contributed by atoms with Gasteiger partial charge in [0.15, 0.2) is 0 Å². The molecule has 7 heteroatoms. The predicted octanol–water partition coefficient (Wildman–Crippen LogP) is 1.55. The van der Waals surface area contributed by atoms with Gasteiger partial charge in [-0.2, -0.15) is 13.2 Å². The average molecular weight is 276 g/mol. The molecule has 4 nitrogen and oxygen atoms in total. The first kappa shape index (κ1) is 13.9. The smallest absolute Gasteiger partial charge is 0.396 e. The second kappa shape index (κ2) is 4.88. The average Bonchev–Trinajstić information content (AvgIpc) is 2.98. The Balaban J connectivity index is 1.97. The van der Waals surface area contributed by atoms with E-state index in [1.165, 1.54) is 18.3 Å². The van der Waals surface area contributed by atoms with E-state index in [4.69, 9.17) is 5.11 Å². The molecule has 106 valence electrons. The van der Waals surface area contributed by atoms with E-state index >= 15 is 0 Å². The Kier molecular flexibility index (Phi) is 3.58. The minimum absolute atomic E-state index is 0.0170. The molecule has 1 saturated carbocycles. The van der Waals surface area contributed by atoms with Crippen LogP contribution < -0.4 is 5.32 Å². The minimum atomic E-state index is -4.36. The first-order chi connectivity index (χ1) is 8.85. The molecule has 0 spiro atoms. The van der Waals surface area contributed by atoms with Gasteiger partial charge in [0.05, 0.1) is 6.61 Å². The van der Waals surface area contributed by atoms with E-state index in [0.29, 0.717) is 6.54 Å². The third-order valence-corrected chi connectivity index (χ3v) is 3.33. The van der Waals surface area contributed by atoms with Crippen molar-refractivity contribution in [1.29, 1.82) is 0 Å². The van der Waals surface area contributed by atoms with E-state index in [-0.39, 0.29) is 17.7 Å². The Bertz CT molecular complexity index is 464. The van der Waals surface area contributed by atoms with Crippen LogP contribution in [0, 0.1) is 5.41 Å². The molecule has 1 heterocycles. The van der Waals surface area contributed by atoms with Crippen LogP contribution in [-0.2, 0) is 6.54 Å². The highest BCUT2D eigenvalue weighted by molar-refractivity contribution is 5.92. The molecule has 0 bridgehead atoms. The number of carbonyl (C=O) groups excluding carboxylic acids is 1. The summed E-state index contributed by atoms with van der Waals surface area (Å²) in [6.07, 6.45) is -1.49. The topological polar surface area (TPSA) is 54.3 Å². The number of nitrogens with zero attached hydrogens (tertiary/aromatic N) is 1. The van der Waals surface area contributed by atoms with E-state index in [0.717, 1.165) is 17.4 Å². The molecule has 0 aromatic carbocycles. The summed E-state index contributed by atoms with van der Waals surface area (Å²) in [6.45, 7) is -0.912. The Hall–Kier alpha value is -1.50. The highest BCUT2D eigenvalue weighted by atomic mass is 19.4. The van der Waals surface area contributed by atoms with Gasteiger partial charge in [-0.15, -0.1) is 0 Å². The van der Waals surface area contributed by atoms with Gasteiger partial charge in [-0.3, -0.25) is 4.79 Å². The van der Waals surface area contributed by atoms with Crippen LogP contribution in [-0.4, -0.2) is 34.9 Å². The zero-order valence-corrected chi connectivity index (χ0v) is 10.2. The lowest BCUT2D eigenvalue weighted by Crippen LogP contribution is -2.33. The first-order valence-electron chi connectivity index (χ1n) is 5.96. The molecule has 0 unspecified atom stereocenters. The molecule has 2 rings (SSSR count). The van der Waals surface area contributed by atoms with Crippen molar-refractivity contribution in [1.82, 2.24) is 9.88 Å². The fourth-order valence-corrected chi connectivity index (χ4v) is 1.88. The Morgan fingerprint density at radius 2 is 2.16 bits per heavy atom. The number of nitrogens with one attached hydrogen (secondary N) is 1. The molecule has 0 aliphatic heterocycles. The lowest BCUT2D eigenvalue weighted by molar-refractivity contribution is -0.140. The minimum Gasteiger partial charge on any atom is -0.396 e. The first-order valence-corrected chi connectivity index (χ1v) is 5.96. The number of halogens is 3. The number of hydrogen-bond donors (Lipinski definition) is 2. The molecule has 1 aliphatic rings. The highest BCUT2D eigenvalue weighted by Gasteiger charge is 2.42. The standard InChI is InChI=1S/C12H15F3N2O2/c13-12(14,15)7-17-5-1-2-9(17)10(19)16-6-11(8-18)3-4-11/h1-2,5,18H,3-4,6-8H2,(H,16,19). The van der Waals surface area contributed by atoms with Crippen molar-refractivity contribution in [3.63, 3.8) is 0 Å². The summed E-state index contributed by atoms with van der Waals surface area (Å²) in [5.41, 5.74) is -0.289. The zero-order chi connectivity index (χ0) is 14.1. The van der Waals surface area contributed by atoms with Crippen molar-refractivity contribution >= 4 is 5.91 Å². The monoisotopic (exact) mass is 276 g/mol. The molecule has 1 aromatic rings. The van der Waals surface area contributed by atoms with Gasteiger partial charge < -0.3 is 15.0 Å². The van der Waals surface area contributed by atoms with Crippen LogP contribution in [0.25, 0.3) is 0 Å². The van der Waals surface area contributed by atoms with Crippen molar-refractivity contribution in [3.8, 4) is 0 Å². The van der Waals surface area contributed by atoms with Crippen LogP contribution in [0.4, 0.5) is 13.2 Å². The molecular formula is C12H15F3N2O2. The van der Waals surface area contributed by atoms with Crippen molar-refractivity contribution in [2.24, 2.45) is 5.41 Å². The maximum atomic E-state index is 12.3. The van der Waals surface area contributed by atoms with E-state index in [2.05, 4.69) is 5.32 Å². The second-order valence-electron chi connectivity index (χ2n) is 4.98. The fraction of sp³-hybridized carbons (Fsp3) is 0.583. The molecule has 1 fully saturated rings. The van der Waals surface area contributed by atoms with Crippen molar-refractivity contribution in [2.75, 3.05) is 13.2 Å². The van der Waals surface area contributed by atoms with E-state index < -0.39 is 18.6 Å². The number of aliphatic hydroxyl groups is 1. The van der Waals surface area contributed by atoms with Crippen LogP contribution in [0.3, 0.4) is 0 Å². The number of rotatable bonds is 5. The normalized spacial score (nSPS) is 17.3. The number of amides is 1. The molecule has 19 heavy (non-hydrogen) atoms. The molecular weight excluding hydrogens is 261 g/mol. The van der Waals surface area contributed by atoms with E-state index in [1.54, 1.807) is 0 Å². The van der Waals surface area contributed by atoms with Crippen molar-refractivity contribution in [3.05, 3.63) is 24.0 Å². The molecule has 2 N–H and O–H groups in total. The van der Waals surface area contributed by atoms with Gasteiger partial charge in [0.25, 0.3) is 5.91 Å². The van der Waals surface area contributed by atoms with Crippen LogP contribution >= 0.6 is 0 Å². The van der Waals surface area contributed by atoms with Crippen LogP contribution in [0.2, 0.25) is 0 Å². The maximum Gasteiger partial charge on any atom is 0.406 e. The summed E-state index contributed by atoms with van der Waals surface area (Å²) >= 11 is 0. The van der Waals surface area contributed by atoms with E-state index in [9.17, 15) is 18.0 Å². The number of aliphatic hydroxyl groups excluding tert-OH is 1. The summed E-state index contributed by atoms with van der Waals surface area (Å²) in [6, 6.07) is 2.75. The van der Waals surface area contributed by atoms with Gasteiger partial charge in [-0.1, -0.05) is 0 Å². The third kappa shape index (κ3) is 3.50. The van der Waals surface area contributed by atoms with Gasteiger partial charge in [0.1, 0.15) is 12.2 Å². The third-order valence-electron chi connectivity index (χ3n) is 3.33. The zero-order valence-electron chi connectivity index (χ0n) is 10.2. The molecule has 1 aromatic heterocycles. The quantitative estimate of drug-likeness (QED) is 0.857. The number of aromatic nitrogens is 1. The van der Waals surface area contributed by atoms with Gasteiger partial charge in [0.2, 0.25) is 0 Å². The number of hydrogen-bond acceptors (Lipinski definition) is 2. The molecule has 1 aliphatic carbocycles. The SMILES string of the molecule is O=C(NCC1(CO)CC1)c1cccn1CC(F)(F)F. The molecule has 0 saturated heterocycles. The second-order valence-corrected chi connectivity index (χ2v) is 4.98. The van der Waals surface area contributed by atoms with Crippen molar-refractivity contribution in [2.45, 2.75) is 25.6 Å². The Morgan fingerprint density at radius 1 is 1.47 bits per heavy atom. The Morgan fingerprint density at radius 3 is 2.68 bits per heavy atom. The van der Waals surface area contributed by atoms with Gasteiger partial charge >= 0.3 is 6.18 Å². The lowest BCUT2D eigenvalue weighted by Gasteiger charge is -2.15. The molecule has 1 amide bonds. The number of alkyl halides is 3. The van der Waals surface area contributed by atoms with E-state index in [1.807, 2.05) is 0 Å². The van der Waals surface area contributed by atoms with Crippen LogP contribution in [0.15, 0.2) is 18.3 Å². The summed E-state index contributed by atoms with van der Waals surface area (Å²) in [7, 11) is 0. The van der Waals surface area contributed by atoms with Crippen LogP contribution in [0.5, 0.6) is 0 Å². The summed E-state index contributed by atoms with van der Waals surface area (Å²) in [5, 5.41) is 11.7. The predicted molar refractivity (Wildman–Crippen MR) is 61.6 cm³/mol. The van der Waals surface area contributed by atoms with Crippen LogP contribution in [0.1, 0.15) is 23.3 Å². The lowest BCUT2D eigenvalue weighted by atomic mass is 10.1. The highest BCUT2D eigenvalue weighted by Crippen LogP contribution is 2.44. The fourth-order valence-electron chi connectivity index (χ4n) is 1.88. The largest absolute Gasteiger partial charge is 0.406 e. The Labute approximate surface area is 108 Å². The summed E-state index contributed by atoms with van der Waals surface area (Å²) in [4.78, 5) is 11.8.